The van der Waals surface area contributed by atoms with E-state index in [1.807, 2.05) is 23.1 Å². The van der Waals surface area contributed by atoms with Crippen molar-refractivity contribution in [3.05, 3.63) is 33.2 Å². The molecule has 16 nitrogen and oxygen atoms in total. The molecule has 0 aliphatic rings. The fraction of sp³-hybridized carbons (Fsp3) is 0.444. The van der Waals surface area contributed by atoms with Crippen molar-refractivity contribution in [3.63, 3.8) is 0 Å². The molecule has 0 saturated heterocycles. The standard InChI is InChI=1S/C10H16N4OS2.C9H14N4O2S2.C8H11N5S2/c1-2-8(15)3-4-16-5-7-6-17-10(13-7)14-9(11)12;1-15-7(14)2-3-16-4-6-5-17-9(12-6)13-8(10)11;9-2-1-3-14-4-6-5-15-8(12-6)13-7(10)11/h6H,2-5H2,1H3,(H4,11,12,13,14);5H,2-4H2,1H3,(H4,10,11,12,13);5H,1,3-4H2,(H4,10,11,12,13). The topological polar surface area (TPSA) is 299 Å². The number of aromatic nitrogens is 3. The molecule has 0 saturated carbocycles. The number of thiazole rings is 3. The van der Waals surface area contributed by atoms with Crippen molar-refractivity contribution in [2.75, 3.05) is 24.4 Å². The second-order valence-electron chi connectivity index (χ2n) is 9.01. The molecule has 0 radical (unpaired) electrons. The summed E-state index contributed by atoms with van der Waals surface area (Å²) >= 11 is 9.18. The van der Waals surface area contributed by atoms with Gasteiger partial charge in [-0.1, -0.05) is 6.92 Å². The van der Waals surface area contributed by atoms with Crippen molar-refractivity contribution in [1.29, 1.82) is 5.26 Å². The first-order chi connectivity index (χ1) is 23.4. The number of ether oxygens (including phenoxy) is 1. The number of Topliss-reactive ketones (excluding diaryl/α,β-unsaturated/α-hetero) is 1. The summed E-state index contributed by atoms with van der Waals surface area (Å²) in [6, 6.07) is 2.09. The summed E-state index contributed by atoms with van der Waals surface area (Å²) in [6.07, 6.45) is 2.22. The van der Waals surface area contributed by atoms with Crippen molar-refractivity contribution < 1.29 is 14.3 Å². The number of ketones is 1. The average molecular weight is 788 g/mol. The number of thioether (sulfide) groups is 3. The van der Waals surface area contributed by atoms with Crippen LogP contribution in [0.25, 0.3) is 0 Å². The average Bonchev–Trinajstić information content (AvgIpc) is 3.81. The second kappa shape index (κ2) is 26.3. The van der Waals surface area contributed by atoms with Crippen LogP contribution in [-0.2, 0) is 31.6 Å². The number of nitriles is 1. The predicted octanol–water partition coefficient (Wildman–Crippen LogP) is 3.69. The van der Waals surface area contributed by atoms with Gasteiger partial charge < -0.3 is 39.1 Å². The molecule has 0 aliphatic carbocycles. The predicted molar refractivity (Wildman–Crippen MR) is 208 cm³/mol. The van der Waals surface area contributed by atoms with Crippen LogP contribution in [0.2, 0.25) is 0 Å². The van der Waals surface area contributed by atoms with Crippen LogP contribution in [0.3, 0.4) is 0 Å². The van der Waals surface area contributed by atoms with E-state index in [0.29, 0.717) is 52.6 Å². The third kappa shape index (κ3) is 22.6. The van der Waals surface area contributed by atoms with Gasteiger partial charge in [-0.25, -0.2) is 15.0 Å². The molecule has 3 aromatic heterocycles. The second-order valence-corrected chi connectivity index (χ2v) is 14.8. The van der Waals surface area contributed by atoms with Gasteiger partial charge in [0.05, 0.1) is 36.7 Å². The molecule has 0 fully saturated rings. The van der Waals surface area contributed by atoms with Gasteiger partial charge in [0.15, 0.2) is 17.9 Å². The summed E-state index contributed by atoms with van der Waals surface area (Å²) in [5.74, 6) is 4.83. The van der Waals surface area contributed by atoms with Gasteiger partial charge in [-0.3, -0.25) is 9.59 Å². The fourth-order valence-corrected chi connectivity index (χ4v) is 7.70. The Labute approximate surface area is 310 Å². The van der Waals surface area contributed by atoms with Gasteiger partial charge in [0.25, 0.3) is 0 Å². The lowest BCUT2D eigenvalue weighted by atomic mass is 10.2. The summed E-state index contributed by atoms with van der Waals surface area (Å²) in [7, 11) is 1.38. The highest BCUT2D eigenvalue weighted by atomic mass is 32.2. The molecule has 0 aromatic carbocycles. The maximum absolute atomic E-state index is 11.1. The van der Waals surface area contributed by atoms with Gasteiger partial charge in [0.2, 0.25) is 15.4 Å². The van der Waals surface area contributed by atoms with Crippen LogP contribution in [0.5, 0.6) is 0 Å². The Morgan fingerprint density at radius 3 is 1.47 bits per heavy atom. The van der Waals surface area contributed by atoms with Gasteiger partial charge in [-0.05, 0) is 0 Å². The largest absolute Gasteiger partial charge is 0.469 e. The molecule has 0 amide bonds. The molecule has 0 spiro atoms. The van der Waals surface area contributed by atoms with Crippen molar-refractivity contribution in [2.24, 2.45) is 49.4 Å². The minimum atomic E-state index is -0.197. The maximum atomic E-state index is 11.1. The van der Waals surface area contributed by atoms with Gasteiger partial charge in [-0.15, -0.1) is 34.0 Å². The number of hydrogen-bond donors (Lipinski definition) is 6. The summed E-state index contributed by atoms with van der Waals surface area (Å²) < 4.78 is 4.54. The van der Waals surface area contributed by atoms with Crippen molar-refractivity contribution in [1.82, 2.24) is 15.0 Å². The lowest BCUT2D eigenvalue weighted by Crippen LogP contribution is -2.21. The molecule has 3 aromatic rings. The van der Waals surface area contributed by atoms with E-state index in [0.717, 1.165) is 45.8 Å². The number of nitrogens with zero attached hydrogens (tertiary/aromatic N) is 7. The minimum Gasteiger partial charge on any atom is -0.469 e. The third-order valence-corrected chi connectivity index (χ3v) is 10.3. The number of nitrogens with two attached hydrogens (primary N) is 6. The number of rotatable bonds is 18. The molecular formula is C27H41N13O3S6. The Bertz CT molecular complexity index is 1460. The zero-order valence-electron chi connectivity index (χ0n) is 27.1. The Morgan fingerprint density at radius 1 is 0.735 bits per heavy atom. The molecule has 268 valence electrons. The summed E-state index contributed by atoms with van der Waals surface area (Å²) in [4.78, 5) is 46.2. The highest BCUT2D eigenvalue weighted by Gasteiger charge is 2.05. The molecule has 3 heterocycles. The fourth-order valence-electron chi connectivity index (χ4n) is 2.84. The third-order valence-electron chi connectivity index (χ3n) is 5.00. The van der Waals surface area contributed by atoms with E-state index >= 15 is 0 Å². The Morgan fingerprint density at radius 2 is 1.12 bits per heavy atom. The molecule has 3 rings (SSSR count). The van der Waals surface area contributed by atoms with E-state index in [2.05, 4.69) is 40.7 Å². The van der Waals surface area contributed by atoms with Crippen LogP contribution in [0.4, 0.5) is 15.4 Å². The van der Waals surface area contributed by atoms with Crippen molar-refractivity contribution >= 4 is 114 Å². The van der Waals surface area contributed by atoms with Gasteiger partial charge in [0, 0.05) is 69.9 Å². The molecule has 0 atom stereocenters. The summed E-state index contributed by atoms with van der Waals surface area (Å²) in [5, 5.41) is 15.8. The normalized spacial score (nSPS) is 9.90. The molecule has 0 bridgehead atoms. The molecule has 22 heteroatoms. The van der Waals surface area contributed by atoms with Crippen LogP contribution < -0.4 is 34.4 Å². The minimum absolute atomic E-state index is 0.00393. The van der Waals surface area contributed by atoms with E-state index in [9.17, 15) is 9.59 Å². The van der Waals surface area contributed by atoms with Crippen LogP contribution >= 0.6 is 69.3 Å². The molecule has 0 unspecified atom stereocenters. The Kier molecular flexibility index (Phi) is 23.3. The zero-order valence-corrected chi connectivity index (χ0v) is 32.0. The van der Waals surface area contributed by atoms with Crippen molar-refractivity contribution in [3.8, 4) is 6.07 Å². The van der Waals surface area contributed by atoms with E-state index < -0.39 is 0 Å². The molecule has 49 heavy (non-hydrogen) atoms. The number of methoxy groups -OCH3 is 1. The highest BCUT2D eigenvalue weighted by molar-refractivity contribution is 7.98. The number of carbonyl (C=O) groups excluding carboxylic acids is 2. The molecule has 12 N–H and O–H groups in total. The van der Waals surface area contributed by atoms with Gasteiger partial charge >= 0.3 is 5.97 Å². The first kappa shape index (κ1) is 43.4. The van der Waals surface area contributed by atoms with Crippen LogP contribution in [0.1, 0.15) is 49.7 Å². The SMILES string of the molecule is CCC(=O)CCSCc1csc(N=C(N)N)n1.COC(=O)CCSCc1csc(N=C(N)N)n1.N#CCCSCc1csc(N=C(N)N)n1. The molecular weight excluding hydrogens is 747 g/mol. The number of esters is 1. The van der Waals surface area contributed by atoms with Gasteiger partial charge in [-0.2, -0.15) is 55.5 Å². The first-order valence-corrected chi connectivity index (χ1v) is 20.4. The lowest BCUT2D eigenvalue weighted by molar-refractivity contribution is -0.140. The van der Waals surface area contributed by atoms with E-state index in [1.165, 1.54) is 41.1 Å². The lowest BCUT2D eigenvalue weighted by Gasteiger charge is -1.98. The number of aliphatic imine (C=N–C) groups is 3. The van der Waals surface area contributed by atoms with Crippen molar-refractivity contribution in [2.45, 2.75) is 49.9 Å². The van der Waals surface area contributed by atoms with Gasteiger partial charge in [0.1, 0.15) is 5.78 Å². The number of guanidine groups is 3. The Balaban J connectivity index is 0.000000368. The van der Waals surface area contributed by atoms with Crippen LogP contribution in [0, 0.1) is 11.3 Å². The highest BCUT2D eigenvalue weighted by Crippen LogP contribution is 2.24. The van der Waals surface area contributed by atoms with E-state index in [1.54, 1.807) is 35.3 Å². The smallest absolute Gasteiger partial charge is 0.306 e. The Hall–Kier alpha value is -3.62. The first-order valence-electron chi connectivity index (χ1n) is 14.3. The summed E-state index contributed by atoms with van der Waals surface area (Å²) in [5.41, 5.74) is 34.3. The van der Waals surface area contributed by atoms with E-state index in [-0.39, 0.29) is 23.8 Å². The maximum Gasteiger partial charge on any atom is 0.306 e. The monoisotopic (exact) mass is 787 g/mol. The van der Waals surface area contributed by atoms with E-state index in [4.69, 9.17) is 39.7 Å². The molecule has 0 aliphatic heterocycles. The summed E-state index contributed by atoms with van der Waals surface area (Å²) in [6.45, 7) is 1.88. The quantitative estimate of drug-likeness (QED) is 0.0463. The number of hydrogen-bond acceptors (Lipinski definition) is 16. The van der Waals surface area contributed by atoms with Crippen LogP contribution in [0.15, 0.2) is 31.1 Å². The number of carbonyl (C=O) groups is 2. The zero-order chi connectivity index (χ0) is 36.4. The van der Waals surface area contributed by atoms with Crippen LogP contribution in [-0.4, -0.2) is 69.0 Å².